The van der Waals surface area contributed by atoms with Gasteiger partial charge in [0, 0.05) is 90.6 Å². The molecule has 22 rings (SSSR count). The van der Waals surface area contributed by atoms with E-state index in [1.54, 1.807) is 45.3 Å². The summed E-state index contributed by atoms with van der Waals surface area (Å²) in [6.45, 7) is 38.7. The number of para-hydroxylation sites is 4. The van der Waals surface area contributed by atoms with Crippen molar-refractivity contribution in [3.8, 4) is 67.0 Å². The van der Waals surface area contributed by atoms with Crippen LogP contribution < -0.4 is 25.6 Å². The molecule has 0 saturated heterocycles. The lowest BCUT2D eigenvalue weighted by Crippen LogP contribution is -2.41. The third kappa shape index (κ3) is 11.4. The van der Waals surface area contributed by atoms with Crippen LogP contribution in [0.25, 0.3) is 127 Å². The van der Waals surface area contributed by atoms with Gasteiger partial charge in [-0.3, -0.25) is 38.1 Å². The van der Waals surface area contributed by atoms with E-state index < -0.39 is 5.41 Å². The summed E-state index contributed by atoms with van der Waals surface area (Å²) in [6, 6.07) is 74.2. The molecular weight excluding hydrogens is 1670 g/mol. The fourth-order valence-corrected chi connectivity index (χ4v) is 27.4. The van der Waals surface area contributed by atoms with Gasteiger partial charge in [-0.05, 0) is 225 Å². The van der Waals surface area contributed by atoms with E-state index in [1.165, 1.54) is 14.7 Å². The van der Waals surface area contributed by atoms with Gasteiger partial charge in [-0.2, -0.15) is 0 Å². The summed E-state index contributed by atoms with van der Waals surface area (Å²) in [5.41, 5.74) is 19.9. The number of thiophene rings is 4. The Morgan fingerprint density at radius 1 is 0.240 bits per heavy atom. The minimum atomic E-state index is -1.07. The monoisotopic (exact) mass is 1760 g/mol. The minimum Gasteiger partial charge on any atom is -0.276 e. The molecule has 0 saturated carbocycles. The van der Waals surface area contributed by atoms with E-state index in [9.17, 15) is 0 Å². The molecule has 0 N–H and O–H groups in total. The summed E-state index contributed by atoms with van der Waals surface area (Å²) in [5, 5.41) is 8.02. The molecule has 0 unspecified atom stereocenters. The largest absolute Gasteiger partial charge is 0.276 e. The molecule has 1 spiro atoms. The number of hydrogen-bond donors (Lipinski definition) is 0. The molecule has 0 fully saturated rings. The first kappa shape index (κ1) is 81.8. The molecule has 2 aliphatic carbocycles. The number of nitrogens with zero attached hydrogens (tertiary/aromatic N) is 4. The second kappa shape index (κ2) is 29.6. The van der Waals surface area contributed by atoms with E-state index in [0.717, 1.165) is 166 Å². The van der Waals surface area contributed by atoms with Crippen molar-refractivity contribution in [3.63, 3.8) is 0 Å². The Bertz CT molecular complexity index is 7630. The molecule has 5 aliphatic rings. The van der Waals surface area contributed by atoms with Gasteiger partial charge in [0.2, 0.25) is 0 Å². The van der Waals surface area contributed by atoms with Crippen LogP contribution in [0.5, 0.6) is 0 Å². The summed E-state index contributed by atoms with van der Waals surface area (Å²) in [5.74, 6) is -1.87. The van der Waals surface area contributed by atoms with E-state index >= 15 is 33.6 Å². The Labute approximate surface area is 765 Å². The first-order chi connectivity index (χ1) is 62.0. The van der Waals surface area contributed by atoms with Crippen molar-refractivity contribution in [2.24, 2.45) is 0 Å². The number of benzene rings is 12. The molecule has 11 nitrogen and oxygen atoms in total. The van der Waals surface area contributed by atoms with Crippen molar-refractivity contribution in [1.82, 2.24) is 4.57 Å². The molecule has 8 heterocycles. The number of hydrogen-bond acceptors (Lipinski definition) is 11. The number of aromatic nitrogens is 1. The molecule has 3 aliphatic heterocycles. The van der Waals surface area contributed by atoms with Gasteiger partial charge in [0.25, 0.3) is 41.0 Å². The van der Waals surface area contributed by atoms with Gasteiger partial charge >= 0.3 is 0 Å². The third-order valence-corrected chi connectivity index (χ3v) is 33.1. The maximum atomic E-state index is 15.8. The van der Waals surface area contributed by atoms with Crippen LogP contribution in [0.2, 0.25) is 0 Å². The maximum absolute atomic E-state index is 15.8. The second-order valence-electron chi connectivity index (χ2n) is 38.0. The van der Waals surface area contributed by atoms with Crippen LogP contribution in [0.4, 0.5) is 17.1 Å². The lowest BCUT2D eigenvalue weighted by molar-refractivity contribution is 0.0877. The van der Waals surface area contributed by atoms with E-state index in [1.807, 2.05) is 138 Å². The topological polar surface area (TPSA) is 134 Å². The van der Waals surface area contributed by atoms with Gasteiger partial charge in [-0.1, -0.05) is 269 Å². The average Bonchev–Trinajstić information content (AvgIpc) is 1.48. The summed E-state index contributed by atoms with van der Waals surface area (Å²) in [6.07, 6.45) is 0. The summed E-state index contributed by atoms with van der Waals surface area (Å²) in [7, 11) is 0. The van der Waals surface area contributed by atoms with E-state index in [0.29, 0.717) is 77.3 Å². The quantitative estimate of drug-likeness (QED) is 0.0879. The van der Waals surface area contributed by atoms with Crippen LogP contribution in [0, 0.1) is 0 Å². The highest BCUT2D eigenvalue weighted by atomic mass is 32.1. The average molecular weight is 1760 g/mol. The molecule has 0 bridgehead atoms. The predicted octanol–water partition coefficient (Wildman–Crippen LogP) is 29.4. The molecule has 15 heteroatoms. The van der Waals surface area contributed by atoms with Gasteiger partial charge in [0.15, 0.2) is 0 Å². The Morgan fingerprint density at radius 2 is 0.457 bits per heavy atom. The highest BCUT2D eigenvalue weighted by Crippen LogP contribution is 2.71. The standard InChI is InChI=1S/C114H94N4O7S4/c1-54(2)63-26-18-27-64(55(3)4)99(63)115-62(17)71-34-22-35-76-72(42-46-83(95(71)76)107(115)119)91-50-87-103(126-91)104-88(51-92(127-104)73-43-47-84-96-77(73)36-23-39-80(96)108(120)116(111(84)123)100-65(56(5)6)28-19-29-66(100)57(7)8)114(87)89-52-93(74-44-48-85-97-78(74)37-24-40-81(97)109(121)117(112(85)124)101-67(58(9)10)30-20-31-68(101)59(11)12)128-105(89)106-90(114)53-94(129-106)75-45-49-86-98-79(75)38-25-41-82(98)110(122)118(113(86)125)102-69(60(13)14)32-21-33-70(102)61(15)16/h18-61H,17H2,1-16H3. The van der Waals surface area contributed by atoms with Crippen LogP contribution in [-0.4, -0.2) is 40.0 Å². The van der Waals surface area contributed by atoms with Gasteiger partial charge < -0.3 is 0 Å². The molecule has 129 heavy (non-hydrogen) atoms. The van der Waals surface area contributed by atoms with E-state index in [2.05, 4.69) is 196 Å². The highest BCUT2D eigenvalue weighted by Gasteiger charge is 2.57. The Balaban J connectivity index is 0.790. The van der Waals surface area contributed by atoms with Crippen molar-refractivity contribution in [1.29, 1.82) is 0 Å². The van der Waals surface area contributed by atoms with E-state index in [4.69, 9.17) is 6.58 Å². The fourth-order valence-electron chi connectivity index (χ4n) is 22.0. The number of imide groups is 3. The molecule has 17 aromatic rings. The summed E-state index contributed by atoms with van der Waals surface area (Å²) < 4.78 is 1.87. The van der Waals surface area contributed by atoms with Gasteiger partial charge in [-0.25, -0.2) is 14.7 Å². The van der Waals surface area contributed by atoms with Crippen LogP contribution in [0.3, 0.4) is 0 Å². The first-order valence-corrected chi connectivity index (χ1v) is 48.3. The zero-order valence-electron chi connectivity index (χ0n) is 74.9. The predicted molar refractivity (Wildman–Crippen MR) is 535 cm³/mol. The number of carbonyl (C=O) groups excluding carboxylic acids is 6. The number of pyridine rings is 1. The number of fused-ring (bicyclic) bond motifs is 10. The number of amides is 6. The van der Waals surface area contributed by atoms with Crippen molar-refractivity contribution in [2.75, 3.05) is 14.7 Å². The first-order valence-electron chi connectivity index (χ1n) is 45.0. The Morgan fingerprint density at radius 3 is 0.729 bits per heavy atom. The SMILES string of the molecule is C=c1c2cccc3c(-c4cc5c(s4)-c4sc(-c6ccc7c8c(cccc68)C(=O)N(c6c(C(C)C)cccc6C(C)C)C7=O)cc4C54c5cc(-c6ccc7c8c(cccc68)C(=O)N(c6c(C(C)C)cccc6C(C)C)C7=O)sc5-c5sc(-c6ccc7c8c(cccc68)C(=O)N(c6c(C(C)C)cccc6C(C)C)C7=O)cc54)ccc(c(=O)n1-c1c(C(C)C)cccc1C(C)C)c32. The van der Waals surface area contributed by atoms with Crippen molar-refractivity contribution >= 4 is 158 Å². The lowest BCUT2D eigenvalue weighted by Gasteiger charge is -2.32. The Kier molecular flexibility index (Phi) is 18.8. The maximum Gasteiger partial charge on any atom is 0.266 e. The zero-order valence-corrected chi connectivity index (χ0v) is 78.2. The molecule has 636 valence electrons. The number of carbonyl (C=O) groups is 6. The molecular formula is C114H94N4O7S4. The number of rotatable bonds is 16. The van der Waals surface area contributed by atoms with Crippen molar-refractivity contribution in [3.05, 3.63) is 334 Å². The molecule has 0 atom stereocenters. The van der Waals surface area contributed by atoms with Crippen LogP contribution in [0.15, 0.2) is 223 Å². The van der Waals surface area contributed by atoms with Crippen molar-refractivity contribution < 1.29 is 28.8 Å². The number of anilines is 3. The third-order valence-electron chi connectivity index (χ3n) is 28.1. The fraction of sp³-hybridized carbons (Fsp3) is 0.219. The molecule has 12 aromatic carbocycles. The van der Waals surface area contributed by atoms with Crippen molar-refractivity contribution in [2.45, 2.75) is 164 Å². The summed E-state index contributed by atoms with van der Waals surface area (Å²) in [4.78, 5) is 122. The highest BCUT2D eigenvalue weighted by molar-refractivity contribution is 7.27. The Hall–Kier alpha value is -12.9. The molecule has 0 radical (unpaired) electrons. The lowest BCUT2D eigenvalue weighted by atomic mass is 9.71. The second-order valence-corrected chi connectivity index (χ2v) is 42.2. The van der Waals surface area contributed by atoms with Gasteiger partial charge in [-0.15, -0.1) is 45.3 Å². The molecule has 5 aromatic heterocycles. The van der Waals surface area contributed by atoms with Gasteiger partial charge in [0.05, 0.1) is 47.7 Å². The van der Waals surface area contributed by atoms with Gasteiger partial charge in [0.1, 0.15) is 0 Å². The summed E-state index contributed by atoms with van der Waals surface area (Å²) >= 11 is 6.83. The molecule has 6 amide bonds. The van der Waals surface area contributed by atoms with Crippen LogP contribution in [-0.2, 0) is 5.41 Å². The minimum absolute atomic E-state index is 0.0155. The smallest absolute Gasteiger partial charge is 0.266 e. The van der Waals surface area contributed by atoms with Crippen LogP contribution in [0.1, 0.15) is 287 Å². The van der Waals surface area contributed by atoms with E-state index in [-0.39, 0.29) is 88.3 Å². The van der Waals surface area contributed by atoms with Crippen LogP contribution >= 0.6 is 45.3 Å². The zero-order chi connectivity index (χ0) is 89.7. The normalized spacial score (nSPS) is 14.5.